The Morgan fingerprint density at radius 2 is 1.91 bits per heavy atom. The Kier molecular flexibility index (Phi) is 4.71. The molecule has 3 rings (SSSR count). The number of hydrogen-bond donors (Lipinski definition) is 2. The maximum absolute atomic E-state index is 10.0. The van der Waals surface area contributed by atoms with Crippen molar-refractivity contribution in [3.8, 4) is 5.75 Å². The van der Waals surface area contributed by atoms with Gasteiger partial charge in [0.25, 0.3) is 0 Å². The lowest BCUT2D eigenvalue weighted by atomic mass is 9.90. The molecule has 0 amide bonds. The van der Waals surface area contributed by atoms with E-state index in [-0.39, 0.29) is 0 Å². The number of rotatable bonds is 4. The molecule has 2 N–H and O–H groups in total. The zero-order valence-corrected chi connectivity index (χ0v) is 13.4. The van der Waals surface area contributed by atoms with Gasteiger partial charge in [-0.1, -0.05) is 12.1 Å². The summed E-state index contributed by atoms with van der Waals surface area (Å²) in [4.78, 5) is 2.19. The topological polar surface area (TPSA) is 52.9 Å². The first-order chi connectivity index (χ1) is 10.5. The quantitative estimate of drug-likeness (QED) is 0.896. The molecule has 2 aliphatic rings. The third-order valence-corrected chi connectivity index (χ3v) is 5.02. The Morgan fingerprint density at radius 3 is 2.55 bits per heavy atom. The number of nitrogens with zero attached hydrogens (tertiary/aromatic N) is 1. The average molecular weight is 305 g/mol. The molecule has 1 heterocycles. The summed E-state index contributed by atoms with van der Waals surface area (Å²) in [7, 11) is 0. The number of ether oxygens (including phenoxy) is 1. The highest BCUT2D eigenvalue weighted by Crippen LogP contribution is 2.26. The predicted octanol–water partition coefficient (Wildman–Crippen LogP) is 2.33. The molecule has 4 heteroatoms. The van der Waals surface area contributed by atoms with Gasteiger partial charge in [-0.05, 0) is 56.7 Å². The van der Waals surface area contributed by atoms with E-state index in [1.165, 1.54) is 31.2 Å². The molecular formula is C18H27NO3. The molecule has 0 bridgehead atoms. The van der Waals surface area contributed by atoms with Crippen molar-refractivity contribution < 1.29 is 14.9 Å². The third kappa shape index (κ3) is 3.80. The van der Waals surface area contributed by atoms with Crippen molar-refractivity contribution in [1.82, 2.24) is 4.90 Å². The first kappa shape index (κ1) is 15.8. The summed E-state index contributed by atoms with van der Waals surface area (Å²) in [5, 5.41) is 20.0. The Balaban J connectivity index is 1.52. The monoisotopic (exact) mass is 305 g/mol. The van der Waals surface area contributed by atoms with Crippen LogP contribution in [0, 0.1) is 0 Å². The number of aliphatic hydroxyl groups excluding tert-OH is 1. The van der Waals surface area contributed by atoms with Crippen LogP contribution >= 0.6 is 0 Å². The lowest BCUT2D eigenvalue weighted by Gasteiger charge is -2.39. The molecule has 0 radical (unpaired) electrons. The van der Waals surface area contributed by atoms with E-state index in [0.717, 1.165) is 18.8 Å². The molecule has 1 aromatic rings. The van der Waals surface area contributed by atoms with Crippen LogP contribution in [0.4, 0.5) is 0 Å². The maximum Gasteiger partial charge on any atom is 0.119 e. The van der Waals surface area contributed by atoms with Crippen molar-refractivity contribution in [2.24, 2.45) is 0 Å². The van der Waals surface area contributed by atoms with Crippen molar-refractivity contribution in [2.45, 2.75) is 63.4 Å². The van der Waals surface area contributed by atoms with Gasteiger partial charge in [0.15, 0.2) is 0 Å². The largest absolute Gasteiger partial charge is 0.490 e. The van der Waals surface area contributed by atoms with Gasteiger partial charge in [0.05, 0.1) is 17.8 Å². The van der Waals surface area contributed by atoms with Crippen LogP contribution < -0.4 is 4.74 Å². The Morgan fingerprint density at radius 1 is 1.23 bits per heavy atom. The van der Waals surface area contributed by atoms with E-state index in [4.69, 9.17) is 4.74 Å². The first-order valence-corrected chi connectivity index (χ1v) is 8.41. The number of aliphatic hydroxyl groups is 2. The number of β-amino-alcohol motifs (C(OH)–C–C–N with tert-alkyl or cyclic N) is 1. The third-order valence-electron chi connectivity index (χ3n) is 5.02. The molecule has 1 aliphatic carbocycles. The van der Waals surface area contributed by atoms with Crippen LogP contribution in [-0.4, -0.2) is 46.0 Å². The SMILES string of the molecule is C[C@]1(O)CCN(Cc2ccc(OC3CCCC3)cc2)C[C@@H]1O. The Labute approximate surface area is 132 Å². The number of benzene rings is 1. The van der Waals surface area contributed by atoms with E-state index in [9.17, 15) is 10.2 Å². The van der Waals surface area contributed by atoms with Gasteiger partial charge in [0.1, 0.15) is 5.75 Å². The summed E-state index contributed by atoms with van der Waals surface area (Å²) in [6.07, 6.45) is 5.24. The molecule has 4 nitrogen and oxygen atoms in total. The molecule has 2 atom stereocenters. The van der Waals surface area contributed by atoms with Crippen molar-refractivity contribution in [2.75, 3.05) is 13.1 Å². The van der Waals surface area contributed by atoms with Crippen LogP contribution in [0.25, 0.3) is 0 Å². The molecule has 0 aromatic heterocycles. The van der Waals surface area contributed by atoms with Crippen molar-refractivity contribution in [1.29, 1.82) is 0 Å². The van der Waals surface area contributed by atoms with E-state index in [2.05, 4.69) is 17.0 Å². The molecular weight excluding hydrogens is 278 g/mol. The van der Waals surface area contributed by atoms with Gasteiger partial charge in [0.2, 0.25) is 0 Å². The summed E-state index contributed by atoms with van der Waals surface area (Å²) in [5.41, 5.74) is 0.266. The van der Waals surface area contributed by atoms with Gasteiger partial charge in [-0.2, -0.15) is 0 Å². The zero-order chi connectivity index (χ0) is 15.6. The van der Waals surface area contributed by atoms with E-state index in [1.54, 1.807) is 6.92 Å². The Bertz CT molecular complexity index is 480. The minimum atomic E-state index is -0.949. The zero-order valence-electron chi connectivity index (χ0n) is 13.4. The molecule has 1 aliphatic heterocycles. The molecule has 0 spiro atoms. The molecule has 0 unspecified atom stereocenters. The molecule has 22 heavy (non-hydrogen) atoms. The van der Waals surface area contributed by atoms with Gasteiger partial charge in [-0.25, -0.2) is 0 Å². The maximum atomic E-state index is 10.0. The smallest absolute Gasteiger partial charge is 0.119 e. The molecule has 1 saturated carbocycles. The number of likely N-dealkylation sites (tertiary alicyclic amines) is 1. The van der Waals surface area contributed by atoms with Crippen LogP contribution in [0.5, 0.6) is 5.75 Å². The van der Waals surface area contributed by atoms with Crippen LogP contribution in [0.2, 0.25) is 0 Å². The fraction of sp³-hybridized carbons (Fsp3) is 0.667. The van der Waals surface area contributed by atoms with Crippen LogP contribution in [0.15, 0.2) is 24.3 Å². The fourth-order valence-corrected chi connectivity index (χ4v) is 3.36. The second kappa shape index (κ2) is 6.57. The average Bonchev–Trinajstić information content (AvgIpc) is 2.98. The van der Waals surface area contributed by atoms with Gasteiger partial charge < -0.3 is 14.9 Å². The summed E-state index contributed by atoms with van der Waals surface area (Å²) < 4.78 is 5.98. The highest BCUT2D eigenvalue weighted by molar-refractivity contribution is 5.27. The molecule has 1 saturated heterocycles. The van der Waals surface area contributed by atoms with Gasteiger partial charge >= 0.3 is 0 Å². The summed E-state index contributed by atoms with van der Waals surface area (Å²) >= 11 is 0. The van der Waals surface area contributed by atoms with Crippen molar-refractivity contribution in [3.05, 3.63) is 29.8 Å². The van der Waals surface area contributed by atoms with Crippen LogP contribution in [0.1, 0.15) is 44.6 Å². The predicted molar refractivity (Wildman–Crippen MR) is 85.9 cm³/mol. The molecule has 2 fully saturated rings. The highest BCUT2D eigenvalue weighted by Gasteiger charge is 2.36. The first-order valence-electron chi connectivity index (χ1n) is 8.41. The standard InChI is InChI=1S/C18H27NO3/c1-18(21)10-11-19(13-17(18)20)12-14-6-8-16(9-7-14)22-15-4-2-3-5-15/h6-9,15,17,20-21H,2-5,10-13H2,1H3/t17-,18-/m0/s1. The summed E-state index contributed by atoms with van der Waals surface area (Å²) in [6, 6.07) is 8.29. The van der Waals surface area contributed by atoms with E-state index in [1.807, 2.05) is 12.1 Å². The fourth-order valence-electron chi connectivity index (χ4n) is 3.36. The lowest BCUT2D eigenvalue weighted by Crippen LogP contribution is -2.53. The number of piperidine rings is 1. The molecule has 1 aromatic carbocycles. The number of hydrogen-bond acceptors (Lipinski definition) is 4. The van der Waals surface area contributed by atoms with Crippen molar-refractivity contribution >= 4 is 0 Å². The minimum absolute atomic E-state index is 0.394. The highest BCUT2D eigenvalue weighted by atomic mass is 16.5. The Hall–Kier alpha value is -1.10. The van der Waals surface area contributed by atoms with Gasteiger partial charge in [-0.3, -0.25) is 4.90 Å². The normalized spacial score (nSPS) is 30.6. The van der Waals surface area contributed by atoms with Crippen LogP contribution in [0.3, 0.4) is 0 Å². The van der Waals surface area contributed by atoms with Gasteiger partial charge in [-0.15, -0.1) is 0 Å². The lowest BCUT2D eigenvalue weighted by molar-refractivity contribution is -0.108. The second-order valence-corrected chi connectivity index (χ2v) is 7.03. The van der Waals surface area contributed by atoms with E-state index >= 15 is 0 Å². The summed E-state index contributed by atoms with van der Waals surface area (Å²) in [5.74, 6) is 0.956. The van der Waals surface area contributed by atoms with E-state index in [0.29, 0.717) is 19.1 Å². The van der Waals surface area contributed by atoms with Gasteiger partial charge in [0, 0.05) is 19.6 Å². The molecule has 122 valence electrons. The summed E-state index contributed by atoms with van der Waals surface area (Å²) in [6.45, 7) is 3.85. The van der Waals surface area contributed by atoms with E-state index < -0.39 is 11.7 Å². The second-order valence-electron chi connectivity index (χ2n) is 7.03. The van der Waals surface area contributed by atoms with Crippen LogP contribution in [-0.2, 0) is 6.54 Å². The minimum Gasteiger partial charge on any atom is -0.490 e. The van der Waals surface area contributed by atoms with Crippen molar-refractivity contribution in [3.63, 3.8) is 0 Å².